The minimum absolute atomic E-state index is 0.00122. The van der Waals surface area contributed by atoms with E-state index in [4.69, 9.17) is 14.2 Å². The molecule has 5 rings (SSSR count). The van der Waals surface area contributed by atoms with Crippen molar-refractivity contribution in [3.05, 3.63) is 71.4 Å². The number of sulfonamides is 1. The average Bonchev–Trinajstić information content (AvgIpc) is 3.28. The zero-order valence-electron chi connectivity index (χ0n) is 24.2. The number of carbonyl (C=O) groups excluding carboxylic acids is 3. The van der Waals surface area contributed by atoms with Crippen LogP contribution in [-0.2, 0) is 25.2 Å². The molecule has 14 heteroatoms. The summed E-state index contributed by atoms with van der Waals surface area (Å²) in [6, 6.07) is 12.4. The van der Waals surface area contributed by atoms with Crippen LogP contribution in [0.4, 0.5) is 10.5 Å². The highest BCUT2D eigenvalue weighted by atomic mass is 32.2. The summed E-state index contributed by atoms with van der Waals surface area (Å²) in [5.74, 6) is -0.835. The van der Waals surface area contributed by atoms with Crippen molar-refractivity contribution in [2.45, 2.75) is 30.2 Å². The highest BCUT2D eigenvalue weighted by molar-refractivity contribution is 7.93. The second kappa shape index (κ2) is 11.8. The summed E-state index contributed by atoms with van der Waals surface area (Å²) in [4.78, 5) is 45.9. The number of ketones is 1. The summed E-state index contributed by atoms with van der Waals surface area (Å²) in [6.07, 6.45) is 1.71. The Labute approximate surface area is 254 Å². The Morgan fingerprint density at radius 1 is 1.07 bits per heavy atom. The fraction of sp³-hybridized carbons (Fsp3) is 0.300. The molecule has 44 heavy (non-hydrogen) atoms. The van der Waals surface area contributed by atoms with E-state index < -0.39 is 27.5 Å². The van der Waals surface area contributed by atoms with E-state index in [1.54, 1.807) is 6.92 Å². The number of pyridine rings is 1. The second-order valence-corrected chi connectivity index (χ2v) is 11.7. The maximum Gasteiger partial charge on any atom is 0.318 e. The standard InChI is InChI=1S/C30H29N5O8S/c1-4-43-27-22(6-5-13-32-27)30(33-29(38)34-14-11-20(36)12-15-34)23-16-19(18-31)7-9-24(23)35(28(30)37)44(39,40)26-10-8-21(41-2)17-25(26)42-3/h5-10,13,16-17H,4,11-12,14-15H2,1-3H3,(H,33,38). The number of nitriles is 1. The van der Waals surface area contributed by atoms with Gasteiger partial charge < -0.3 is 24.4 Å². The molecule has 1 fully saturated rings. The number of hydrogen-bond donors (Lipinski definition) is 1. The number of anilines is 1. The number of likely N-dealkylation sites (tertiary alicyclic amines) is 1. The molecular formula is C30H29N5O8S. The summed E-state index contributed by atoms with van der Waals surface area (Å²) in [7, 11) is -2.02. The van der Waals surface area contributed by atoms with Crippen LogP contribution in [0, 0.1) is 11.3 Å². The van der Waals surface area contributed by atoms with Gasteiger partial charge in [0.2, 0.25) is 5.88 Å². The Bertz CT molecular complexity index is 1800. The first-order chi connectivity index (χ1) is 21.1. The summed E-state index contributed by atoms with van der Waals surface area (Å²) in [5, 5.41) is 12.6. The van der Waals surface area contributed by atoms with Crippen molar-refractivity contribution in [1.82, 2.24) is 15.2 Å². The van der Waals surface area contributed by atoms with E-state index in [2.05, 4.69) is 10.3 Å². The zero-order valence-corrected chi connectivity index (χ0v) is 25.0. The Morgan fingerprint density at radius 3 is 2.48 bits per heavy atom. The molecule has 0 radical (unpaired) electrons. The number of Topliss-reactive ketones (excluding diaryl/α,β-unsaturated/α-hetero) is 1. The van der Waals surface area contributed by atoms with E-state index >= 15 is 0 Å². The third kappa shape index (κ3) is 4.94. The molecule has 1 saturated heterocycles. The fourth-order valence-corrected chi connectivity index (χ4v) is 6.97. The molecule has 13 nitrogen and oxygen atoms in total. The molecule has 3 aromatic rings. The van der Waals surface area contributed by atoms with Crippen LogP contribution < -0.4 is 23.8 Å². The molecule has 2 aliphatic rings. The van der Waals surface area contributed by atoms with Crippen LogP contribution in [0.25, 0.3) is 0 Å². The van der Waals surface area contributed by atoms with Gasteiger partial charge in [-0.2, -0.15) is 9.57 Å². The van der Waals surface area contributed by atoms with E-state index in [0.717, 1.165) is 0 Å². The van der Waals surface area contributed by atoms with Gasteiger partial charge in [0.1, 0.15) is 22.2 Å². The SMILES string of the molecule is CCOc1ncccc1C1(NC(=O)N2CCC(=O)CC2)C(=O)N(S(=O)(=O)c2ccc(OC)cc2OC)c2ccc(C#N)cc21. The highest BCUT2D eigenvalue weighted by Crippen LogP contribution is 2.50. The second-order valence-electron chi connectivity index (χ2n) is 9.93. The van der Waals surface area contributed by atoms with Crippen LogP contribution in [0.2, 0.25) is 0 Å². The number of benzene rings is 2. The number of amides is 3. The quantitative estimate of drug-likeness (QED) is 0.396. The number of rotatable bonds is 8. The molecule has 3 amide bonds. The minimum atomic E-state index is -4.71. The lowest BCUT2D eigenvalue weighted by Crippen LogP contribution is -2.58. The molecule has 1 atom stereocenters. The van der Waals surface area contributed by atoms with Gasteiger partial charge in [0.15, 0.2) is 5.54 Å². The zero-order chi connectivity index (χ0) is 31.6. The van der Waals surface area contributed by atoms with Crippen molar-refractivity contribution in [2.75, 3.05) is 38.2 Å². The average molecular weight is 620 g/mol. The van der Waals surface area contributed by atoms with E-state index in [0.29, 0.717) is 10.1 Å². The largest absolute Gasteiger partial charge is 0.497 e. The van der Waals surface area contributed by atoms with E-state index in [1.807, 2.05) is 6.07 Å². The minimum Gasteiger partial charge on any atom is -0.497 e. The number of fused-ring (bicyclic) bond motifs is 1. The van der Waals surface area contributed by atoms with Crippen molar-refractivity contribution < 1.29 is 37.0 Å². The van der Waals surface area contributed by atoms with E-state index in [-0.39, 0.29) is 77.2 Å². The van der Waals surface area contributed by atoms with Gasteiger partial charge in [-0.3, -0.25) is 9.59 Å². The highest BCUT2D eigenvalue weighted by Gasteiger charge is 2.59. The molecule has 2 aliphatic heterocycles. The van der Waals surface area contributed by atoms with Gasteiger partial charge in [-0.25, -0.2) is 18.2 Å². The molecular weight excluding hydrogens is 590 g/mol. The maximum atomic E-state index is 14.9. The van der Waals surface area contributed by atoms with Gasteiger partial charge in [-0.05, 0) is 49.4 Å². The Morgan fingerprint density at radius 2 is 1.82 bits per heavy atom. The molecule has 228 valence electrons. The number of ether oxygens (including phenoxy) is 3. The third-order valence-electron chi connectivity index (χ3n) is 7.50. The first kappa shape index (κ1) is 30.3. The predicted molar refractivity (Wildman–Crippen MR) is 156 cm³/mol. The molecule has 1 aromatic heterocycles. The number of carbonyl (C=O) groups is 3. The first-order valence-corrected chi connectivity index (χ1v) is 15.1. The van der Waals surface area contributed by atoms with Crippen molar-refractivity contribution in [2.24, 2.45) is 0 Å². The van der Waals surface area contributed by atoms with Crippen LogP contribution in [0.5, 0.6) is 17.4 Å². The normalized spacial score (nSPS) is 18.0. The van der Waals surface area contributed by atoms with Gasteiger partial charge in [0.25, 0.3) is 15.9 Å². The summed E-state index contributed by atoms with van der Waals surface area (Å²) in [6.45, 7) is 2.07. The summed E-state index contributed by atoms with van der Waals surface area (Å²) < 4.78 is 45.7. The lowest BCUT2D eigenvalue weighted by atomic mass is 9.83. The number of nitrogens with one attached hydrogen (secondary N) is 1. The van der Waals surface area contributed by atoms with Crippen LogP contribution in [0.3, 0.4) is 0 Å². The van der Waals surface area contributed by atoms with Crippen molar-refractivity contribution in [3.63, 3.8) is 0 Å². The lowest BCUT2D eigenvalue weighted by molar-refractivity contribution is -0.122. The van der Waals surface area contributed by atoms with E-state index in [9.17, 15) is 28.1 Å². The Kier molecular flexibility index (Phi) is 8.16. The maximum absolute atomic E-state index is 14.9. The number of methoxy groups -OCH3 is 2. The topological polar surface area (TPSA) is 168 Å². The van der Waals surface area contributed by atoms with Crippen LogP contribution >= 0.6 is 0 Å². The molecule has 0 aliphatic carbocycles. The van der Waals surface area contributed by atoms with Gasteiger partial charge in [-0.15, -0.1) is 0 Å². The fourth-order valence-electron chi connectivity index (χ4n) is 5.36. The summed E-state index contributed by atoms with van der Waals surface area (Å²) >= 11 is 0. The number of nitrogens with zero attached hydrogens (tertiary/aromatic N) is 4. The van der Waals surface area contributed by atoms with Crippen molar-refractivity contribution in [1.29, 1.82) is 5.26 Å². The van der Waals surface area contributed by atoms with Gasteiger partial charge >= 0.3 is 6.03 Å². The number of aromatic nitrogens is 1. The first-order valence-electron chi connectivity index (χ1n) is 13.7. The molecule has 1 unspecified atom stereocenters. The monoisotopic (exact) mass is 619 g/mol. The van der Waals surface area contributed by atoms with Crippen LogP contribution in [-0.4, -0.2) is 69.9 Å². The molecule has 2 aromatic carbocycles. The predicted octanol–water partition coefficient (Wildman–Crippen LogP) is 2.72. The molecule has 1 N–H and O–H groups in total. The van der Waals surface area contributed by atoms with Gasteiger partial charge in [0.05, 0.1) is 43.7 Å². The molecule has 3 heterocycles. The summed E-state index contributed by atoms with van der Waals surface area (Å²) in [5.41, 5.74) is -2.10. The number of urea groups is 1. The number of hydrogen-bond acceptors (Lipinski definition) is 10. The Hall–Kier alpha value is -5.16. The lowest BCUT2D eigenvalue weighted by Gasteiger charge is -2.35. The molecule has 0 saturated carbocycles. The molecule has 0 spiro atoms. The smallest absolute Gasteiger partial charge is 0.318 e. The van der Waals surface area contributed by atoms with Crippen molar-refractivity contribution in [3.8, 4) is 23.4 Å². The van der Waals surface area contributed by atoms with Crippen molar-refractivity contribution >= 4 is 33.4 Å². The molecule has 0 bridgehead atoms. The Balaban J connectivity index is 1.78. The number of piperidine rings is 1. The van der Waals surface area contributed by atoms with E-state index in [1.165, 1.54) is 73.8 Å². The van der Waals surface area contributed by atoms with Gasteiger partial charge in [-0.1, -0.05) is 0 Å². The van der Waals surface area contributed by atoms with Gasteiger partial charge in [0, 0.05) is 43.8 Å². The van der Waals surface area contributed by atoms with Crippen LogP contribution in [0.1, 0.15) is 36.5 Å². The van der Waals surface area contributed by atoms with Crippen LogP contribution in [0.15, 0.2) is 59.6 Å². The third-order valence-corrected chi connectivity index (χ3v) is 9.24.